The number of nitrogens with one attached hydrogen (secondary N) is 1. The molecule has 0 aliphatic carbocycles. The van der Waals surface area contributed by atoms with E-state index in [2.05, 4.69) is 9.97 Å². The van der Waals surface area contributed by atoms with E-state index >= 15 is 0 Å². The largest absolute Gasteiger partial charge is 0.341 e. The van der Waals surface area contributed by atoms with Crippen molar-refractivity contribution in [3.63, 3.8) is 0 Å². The SMILES string of the molecule is CN(O)C(=O)c1cnc[nH]1. The zero-order valence-corrected chi connectivity index (χ0v) is 5.40. The first-order chi connectivity index (χ1) is 4.72. The van der Waals surface area contributed by atoms with Gasteiger partial charge in [0.25, 0.3) is 5.91 Å². The maximum Gasteiger partial charge on any atom is 0.294 e. The number of aromatic nitrogens is 2. The molecule has 0 bridgehead atoms. The van der Waals surface area contributed by atoms with Gasteiger partial charge in [-0.1, -0.05) is 0 Å². The molecule has 1 amide bonds. The number of hydrogen-bond acceptors (Lipinski definition) is 3. The highest BCUT2D eigenvalue weighted by atomic mass is 16.5. The Morgan fingerprint density at radius 1 is 1.90 bits per heavy atom. The zero-order valence-electron chi connectivity index (χ0n) is 5.40. The van der Waals surface area contributed by atoms with Gasteiger partial charge in [-0.05, 0) is 0 Å². The Bertz CT molecular complexity index is 217. The first kappa shape index (κ1) is 6.76. The molecule has 0 spiro atoms. The molecule has 0 atom stereocenters. The average Bonchev–Trinajstić information content (AvgIpc) is 2.36. The van der Waals surface area contributed by atoms with Crippen molar-refractivity contribution in [2.45, 2.75) is 0 Å². The fraction of sp³-hybridized carbons (Fsp3) is 0.200. The number of carbonyl (C=O) groups is 1. The van der Waals surface area contributed by atoms with E-state index in [0.29, 0.717) is 5.06 Å². The summed E-state index contributed by atoms with van der Waals surface area (Å²) in [5.41, 5.74) is 0.269. The van der Waals surface area contributed by atoms with E-state index in [1.807, 2.05) is 0 Å². The summed E-state index contributed by atoms with van der Waals surface area (Å²) < 4.78 is 0. The summed E-state index contributed by atoms with van der Waals surface area (Å²) in [5, 5.41) is 9.12. The number of hydrogen-bond donors (Lipinski definition) is 2. The van der Waals surface area contributed by atoms with Crippen molar-refractivity contribution >= 4 is 5.91 Å². The van der Waals surface area contributed by atoms with Crippen LogP contribution in [-0.2, 0) is 0 Å². The Hall–Kier alpha value is -1.36. The topological polar surface area (TPSA) is 69.2 Å². The van der Waals surface area contributed by atoms with Gasteiger partial charge in [0, 0.05) is 7.05 Å². The Kier molecular flexibility index (Phi) is 1.68. The van der Waals surface area contributed by atoms with Crippen LogP contribution in [0.1, 0.15) is 10.5 Å². The van der Waals surface area contributed by atoms with Crippen LogP contribution in [-0.4, -0.2) is 33.2 Å². The van der Waals surface area contributed by atoms with Gasteiger partial charge in [0.2, 0.25) is 0 Å². The van der Waals surface area contributed by atoms with Crippen molar-refractivity contribution in [1.82, 2.24) is 15.0 Å². The third kappa shape index (κ3) is 1.14. The van der Waals surface area contributed by atoms with Gasteiger partial charge < -0.3 is 4.98 Å². The fourth-order valence-electron chi connectivity index (χ4n) is 0.547. The fourth-order valence-corrected chi connectivity index (χ4v) is 0.547. The molecule has 1 aromatic rings. The summed E-state index contributed by atoms with van der Waals surface area (Å²) in [7, 11) is 1.25. The van der Waals surface area contributed by atoms with E-state index in [-0.39, 0.29) is 5.69 Å². The average molecular weight is 141 g/mol. The molecular weight excluding hydrogens is 134 g/mol. The summed E-state index contributed by atoms with van der Waals surface area (Å²) >= 11 is 0. The Morgan fingerprint density at radius 3 is 3.00 bits per heavy atom. The van der Waals surface area contributed by atoms with Crippen LogP contribution in [0.4, 0.5) is 0 Å². The maximum absolute atomic E-state index is 10.8. The lowest BCUT2D eigenvalue weighted by atomic mass is 10.4. The van der Waals surface area contributed by atoms with Crippen molar-refractivity contribution in [3.8, 4) is 0 Å². The van der Waals surface area contributed by atoms with Crippen LogP contribution in [0.25, 0.3) is 0 Å². The molecule has 0 aliphatic rings. The number of rotatable bonds is 1. The molecule has 0 aromatic carbocycles. The Labute approximate surface area is 57.3 Å². The minimum absolute atomic E-state index is 0.269. The predicted molar refractivity (Wildman–Crippen MR) is 32.5 cm³/mol. The second-order valence-corrected chi connectivity index (χ2v) is 1.79. The van der Waals surface area contributed by atoms with Crippen molar-refractivity contribution < 1.29 is 10.0 Å². The molecular formula is C5H7N3O2. The Balaban J connectivity index is 2.78. The number of imidazole rings is 1. The van der Waals surface area contributed by atoms with Gasteiger partial charge in [0.15, 0.2) is 0 Å². The van der Waals surface area contributed by atoms with Crippen LogP contribution in [0.15, 0.2) is 12.5 Å². The highest BCUT2D eigenvalue weighted by Gasteiger charge is 2.08. The van der Waals surface area contributed by atoms with E-state index in [1.54, 1.807) is 0 Å². The quantitative estimate of drug-likeness (QED) is 0.423. The van der Waals surface area contributed by atoms with Gasteiger partial charge in [-0.2, -0.15) is 0 Å². The smallest absolute Gasteiger partial charge is 0.294 e. The van der Waals surface area contributed by atoms with Gasteiger partial charge >= 0.3 is 0 Å². The molecule has 10 heavy (non-hydrogen) atoms. The monoisotopic (exact) mass is 141 g/mol. The third-order valence-electron chi connectivity index (χ3n) is 1.02. The van der Waals surface area contributed by atoms with Crippen LogP contribution < -0.4 is 0 Å². The number of carbonyl (C=O) groups excluding carboxylic acids is 1. The molecule has 54 valence electrons. The first-order valence-corrected chi connectivity index (χ1v) is 2.67. The van der Waals surface area contributed by atoms with Gasteiger partial charge in [-0.15, -0.1) is 0 Å². The molecule has 0 saturated heterocycles. The molecule has 5 heteroatoms. The van der Waals surface area contributed by atoms with E-state index in [0.717, 1.165) is 0 Å². The first-order valence-electron chi connectivity index (χ1n) is 2.67. The van der Waals surface area contributed by atoms with Crippen molar-refractivity contribution in [3.05, 3.63) is 18.2 Å². The van der Waals surface area contributed by atoms with Gasteiger partial charge in [-0.3, -0.25) is 10.0 Å². The highest BCUT2D eigenvalue weighted by molar-refractivity contribution is 5.90. The third-order valence-corrected chi connectivity index (χ3v) is 1.02. The minimum atomic E-state index is -0.502. The van der Waals surface area contributed by atoms with Crippen LogP contribution in [0.5, 0.6) is 0 Å². The standard InChI is InChI=1S/C5H7N3O2/c1-8(10)5(9)4-2-6-3-7-4/h2-3,10H,1H3,(H,6,7). The van der Waals surface area contributed by atoms with Gasteiger partial charge in [0.1, 0.15) is 5.69 Å². The second-order valence-electron chi connectivity index (χ2n) is 1.79. The lowest BCUT2D eigenvalue weighted by Gasteiger charge is -2.04. The number of amides is 1. The van der Waals surface area contributed by atoms with Crippen LogP contribution in [0, 0.1) is 0 Å². The number of nitrogens with zero attached hydrogens (tertiary/aromatic N) is 2. The van der Waals surface area contributed by atoms with E-state index in [9.17, 15) is 4.79 Å². The molecule has 0 radical (unpaired) electrons. The van der Waals surface area contributed by atoms with E-state index < -0.39 is 5.91 Å². The van der Waals surface area contributed by atoms with Crippen LogP contribution in [0.2, 0.25) is 0 Å². The highest BCUT2D eigenvalue weighted by Crippen LogP contribution is 1.93. The molecule has 5 nitrogen and oxygen atoms in total. The molecule has 0 aliphatic heterocycles. The summed E-state index contributed by atoms with van der Waals surface area (Å²) in [6.45, 7) is 0. The zero-order chi connectivity index (χ0) is 7.56. The van der Waals surface area contributed by atoms with E-state index in [1.165, 1.54) is 19.6 Å². The molecule has 0 saturated carbocycles. The predicted octanol–water partition coefficient (Wildman–Crippen LogP) is -0.129. The molecule has 0 fully saturated rings. The molecule has 0 unspecified atom stereocenters. The molecule has 2 N–H and O–H groups in total. The van der Waals surface area contributed by atoms with Crippen LogP contribution >= 0.6 is 0 Å². The molecule has 1 heterocycles. The number of aromatic amines is 1. The number of hydroxylamine groups is 2. The Morgan fingerprint density at radius 2 is 2.60 bits per heavy atom. The summed E-state index contributed by atoms with van der Waals surface area (Å²) in [6, 6.07) is 0. The van der Waals surface area contributed by atoms with Crippen LogP contribution in [0.3, 0.4) is 0 Å². The van der Waals surface area contributed by atoms with E-state index in [4.69, 9.17) is 5.21 Å². The lowest BCUT2D eigenvalue weighted by Crippen LogP contribution is -2.22. The second kappa shape index (κ2) is 2.49. The molecule has 1 rings (SSSR count). The lowest BCUT2D eigenvalue weighted by molar-refractivity contribution is -0.0379. The van der Waals surface area contributed by atoms with Gasteiger partial charge in [0.05, 0.1) is 12.5 Å². The van der Waals surface area contributed by atoms with Gasteiger partial charge in [-0.25, -0.2) is 10.0 Å². The number of H-pyrrole nitrogens is 1. The van der Waals surface area contributed by atoms with Crippen molar-refractivity contribution in [2.75, 3.05) is 7.05 Å². The minimum Gasteiger partial charge on any atom is -0.341 e. The van der Waals surface area contributed by atoms with Crippen molar-refractivity contribution in [1.29, 1.82) is 0 Å². The maximum atomic E-state index is 10.8. The summed E-state index contributed by atoms with van der Waals surface area (Å²) in [5.74, 6) is -0.502. The summed E-state index contributed by atoms with van der Waals surface area (Å²) in [4.78, 5) is 17.0. The molecule has 1 aromatic heterocycles. The normalized spacial score (nSPS) is 9.40. The van der Waals surface area contributed by atoms with Crippen molar-refractivity contribution in [2.24, 2.45) is 0 Å². The summed E-state index contributed by atoms with van der Waals surface area (Å²) in [6.07, 6.45) is 2.71.